The van der Waals surface area contributed by atoms with E-state index in [1.165, 1.54) is 4.90 Å². The second kappa shape index (κ2) is 5.46. The van der Waals surface area contributed by atoms with E-state index in [2.05, 4.69) is 0 Å². The van der Waals surface area contributed by atoms with Gasteiger partial charge in [-0.1, -0.05) is 36.7 Å². The van der Waals surface area contributed by atoms with Crippen LogP contribution in [0.25, 0.3) is 0 Å². The number of fused-ring (bicyclic) bond motifs is 2. The molecule has 1 N–H and O–H groups in total. The fraction of sp³-hybridized carbons (Fsp3) is 0.200. The van der Waals surface area contributed by atoms with E-state index in [4.69, 9.17) is 16.3 Å². The smallest absolute Gasteiger partial charge is 0.286 e. The van der Waals surface area contributed by atoms with E-state index in [1.54, 1.807) is 49.4 Å². The third-order valence-electron chi connectivity index (χ3n) is 3.52. The predicted octanol–water partition coefficient (Wildman–Crippen LogP) is 4.21. The number of benzene rings is 2. The first-order chi connectivity index (χ1) is 10.4. The molecule has 0 bridgehead atoms. The van der Waals surface area contributed by atoms with Crippen molar-refractivity contribution in [3.05, 3.63) is 47.5 Å². The Morgan fingerprint density at radius 3 is 2.55 bits per heavy atom. The summed E-state index contributed by atoms with van der Waals surface area (Å²) in [6.45, 7) is 1.69. The van der Waals surface area contributed by atoms with Crippen LogP contribution in [0.4, 0.5) is 11.4 Å². The maximum absolute atomic E-state index is 11.8. The fourth-order valence-corrected chi connectivity index (χ4v) is 3.78. The van der Waals surface area contributed by atoms with Gasteiger partial charge in [0.25, 0.3) is 10.1 Å². The maximum Gasteiger partial charge on any atom is 0.286 e. The van der Waals surface area contributed by atoms with E-state index in [9.17, 15) is 13.0 Å². The van der Waals surface area contributed by atoms with Crippen molar-refractivity contribution in [2.24, 2.45) is 0 Å². The number of anilines is 2. The zero-order valence-corrected chi connectivity index (χ0v) is 13.3. The Kier molecular flexibility index (Phi) is 3.76. The number of hydrogen-bond donors (Lipinski definition) is 1. The van der Waals surface area contributed by atoms with Crippen molar-refractivity contribution < 1.29 is 17.7 Å². The summed E-state index contributed by atoms with van der Waals surface area (Å²) in [5.74, 6) is 0.965. The van der Waals surface area contributed by atoms with Crippen molar-refractivity contribution >= 4 is 33.1 Å². The fourth-order valence-electron chi connectivity index (χ4n) is 2.62. The number of hydrogen-bond acceptors (Lipinski definition) is 4. The van der Waals surface area contributed by atoms with Gasteiger partial charge in [0.15, 0.2) is 16.9 Å². The van der Waals surface area contributed by atoms with Crippen LogP contribution in [0.3, 0.4) is 0 Å². The van der Waals surface area contributed by atoms with Crippen molar-refractivity contribution in [2.45, 2.75) is 18.7 Å². The molecular weight excluding hydrogens is 326 g/mol. The van der Waals surface area contributed by atoms with E-state index in [-0.39, 0.29) is 6.42 Å². The van der Waals surface area contributed by atoms with Gasteiger partial charge in [0, 0.05) is 0 Å². The highest BCUT2D eigenvalue weighted by Gasteiger charge is 2.36. The van der Waals surface area contributed by atoms with Gasteiger partial charge in [-0.15, -0.1) is 0 Å². The summed E-state index contributed by atoms with van der Waals surface area (Å²) in [5.41, 5.74) is 0.986. The minimum atomic E-state index is -4.31. The molecule has 2 aromatic rings. The summed E-state index contributed by atoms with van der Waals surface area (Å²) in [4.78, 5) is 1.52. The molecule has 1 aliphatic rings. The largest absolute Gasteiger partial charge is 0.453 e. The highest BCUT2D eigenvalue weighted by atomic mass is 35.5. The molecule has 1 unspecified atom stereocenters. The Balaban J connectivity index is 2.29. The summed E-state index contributed by atoms with van der Waals surface area (Å²) >= 11 is 6.26. The van der Waals surface area contributed by atoms with Gasteiger partial charge < -0.3 is 9.64 Å². The van der Waals surface area contributed by atoms with Gasteiger partial charge in [-0.25, -0.2) is 0 Å². The first-order valence-corrected chi connectivity index (χ1v) is 8.62. The first-order valence-electron chi connectivity index (χ1n) is 6.74. The zero-order valence-electron chi connectivity index (χ0n) is 11.7. The molecule has 7 heteroatoms. The number of ether oxygens (including phenoxy) is 1. The third-order valence-corrected chi connectivity index (χ3v) is 5.05. The summed E-state index contributed by atoms with van der Waals surface area (Å²) in [7, 11) is -4.31. The Morgan fingerprint density at radius 2 is 1.86 bits per heavy atom. The highest BCUT2D eigenvalue weighted by molar-refractivity contribution is 7.86. The van der Waals surface area contributed by atoms with E-state index in [0.29, 0.717) is 27.9 Å². The Morgan fingerprint density at radius 1 is 1.18 bits per heavy atom. The molecule has 0 aliphatic carbocycles. The molecule has 1 aliphatic heterocycles. The zero-order chi connectivity index (χ0) is 15.9. The van der Waals surface area contributed by atoms with Crippen molar-refractivity contribution in [2.75, 3.05) is 4.90 Å². The molecule has 0 spiro atoms. The molecule has 5 nitrogen and oxygen atoms in total. The summed E-state index contributed by atoms with van der Waals surface area (Å²) in [6, 6.07) is 12.1. The number of nitrogens with zero attached hydrogens (tertiary/aromatic N) is 1. The maximum atomic E-state index is 11.8. The van der Waals surface area contributed by atoms with Crippen LogP contribution in [-0.2, 0) is 10.1 Å². The van der Waals surface area contributed by atoms with Crippen molar-refractivity contribution in [1.29, 1.82) is 0 Å². The van der Waals surface area contributed by atoms with Crippen molar-refractivity contribution in [1.82, 2.24) is 0 Å². The molecule has 1 atom stereocenters. The summed E-state index contributed by atoms with van der Waals surface area (Å²) < 4.78 is 39.1. The van der Waals surface area contributed by atoms with Crippen LogP contribution in [0.1, 0.15) is 13.3 Å². The monoisotopic (exact) mass is 339 g/mol. The molecular formula is C15H14ClNO4S. The Bertz CT molecular complexity index is 822. The van der Waals surface area contributed by atoms with Crippen LogP contribution in [0.2, 0.25) is 5.02 Å². The lowest BCUT2D eigenvalue weighted by Crippen LogP contribution is -2.38. The molecule has 2 aromatic carbocycles. The number of halogens is 1. The molecule has 0 aromatic heterocycles. The second-order valence-corrected chi connectivity index (χ2v) is 6.89. The molecule has 116 valence electrons. The minimum absolute atomic E-state index is 0.192. The van der Waals surface area contributed by atoms with Crippen LogP contribution in [0.5, 0.6) is 11.5 Å². The second-order valence-electron chi connectivity index (χ2n) is 4.90. The van der Waals surface area contributed by atoms with Crippen LogP contribution >= 0.6 is 11.6 Å². The van der Waals surface area contributed by atoms with Gasteiger partial charge in [0.05, 0.1) is 10.7 Å². The van der Waals surface area contributed by atoms with Crippen LogP contribution in [0.15, 0.2) is 42.5 Å². The lowest BCUT2D eigenvalue weighted by atomic mass is 10.1. The standard InChI is InChI=1S/C15H14ClNO4S/c1-2-14(22(18,19)20)17-11-7-3-4-8-12(11)21-13-9-5-6-10(16)15(13)17/h3-9,14H,2H2,1H3,(H,18,19,20). The van der Waals surface area contributed by atoms with E-state index in [0.717, 1.165) is 0 Å². The van der Waals surface area contributed by atoms with Crippen LogP contribution in [0, 0.1) is 0 Å². The van der Waals surface area contributed by atoms with Gasteiger partial charge in [-0.05, 0) is 30.7 Å². The van der Waals surface area contributed by atoms with E-state index < -0.39 is 15.5 Å². The summed E-state index contributed by atoms with van der Waals surface area (Å²) in [5, 5.41) is -0.787. The third kappa shape index (κ3) is 2.43. The molecule has 0 saturated carbocycles. The normalized spacial score (nSPS) is 14.8. The van der Waals surface area contributed by atoms with Crippen molar-refractivity contribution in [3.63, 3.8) is 0 Å². The molecule has 3 rings (SSSR count). The molecule has 1 heterocycles. The average molecular weight is 340 g/mol. The molecule has 0 fully saturated rings. The van der Waals surface area contributed by atoms with E-state index in [1.807, 2.05) is 0 Å². The van der Waals surface area contributed by atoms with Gasteiger partial charge >= 0.3 is 0 Å². The molecule has 0 radical (unpaired) electrons. The van der Waals surface area contributed by atoms with Crippen molar-refractivity contribution in [3.8, 4) is 11.5 Å². The molecule has 0 saturated heterocycles. The number of rotatable bonds is 3. The summed E-state index contributed by atoms with van der Waals surface area (Å²) in [6.07, 6.45) is 0.192. The highest BCUT2D eigenvalue weighted by Crippen LogP contribution is 2.51. The van der Waals surface area contributed by atoms with E-state index >= 15 is 0 Å². The predicted molar refractivity (Wildman–Crippen MR) is 85.7 cm³/mol. The molecule has 0 amide bonds. The van der Waals surface area contributed by atoms with Gasteiger partial charge in [0.1, 0.15) is 5.69 Å². The average Bonchev–Trinajstić information content (AvgIpc) is 2.46. The lowest BCUT2D eigenvalue weighted by Gasteiger charge is -2.37. The lowest BCUT2D eigenvalue weighted by molar-refractivity contribution is 0.451. The minimum Gasteiger partial charge on any atom is -0.453 e. The quantitative estimate of drug-likeness (QED) is 0.848. The van der Waals surface area contributed by atoms with Gasteiger partial charge in [-0.3, -0.25) is 4.55 Å². The van der Waals surface area contributed by atoms with Crippen LogP contribution < -0.4 is 9.64 Å². The topological polar surface area (TPSA) is 66.8 Å². The Labute approximate surface area is 133 Å². The van der Waals surface area contributed by atoms with Gasteiger partial charge in [-0.2, -0.15) is 8.42 Å². The SMILES string of the molecule is CCC(N1c2ccccc2Oc2cccc(Cl)c21)S(=O)(=O)O. The first kappa shape index (κ1) is 15.1. The number of para-hydroxylation sites is 3. The van der Waals surface area contributed by atoms with Gasteiger partial charge in [0.2, 0.25) is 0 Å². The Hall–Kier alpha value is -1.76. The van der Waals surface area contributed by atoms with Crippen LogP contribution in [-0.4, -0.2) is 18.3 Å². The molecule has 22 heavy (non-hydrogen) atoms.